The van der Waals surface area contributed by atoms with Crippen molar-refractivity contribution in [3.05, 3.63) is 76.5 Å². The molecule has 1 aliphatic rings. The lowest BCUT2D eigenvalue weighted by molar-refractivity contribution is -0.132. The maximum atomic E-state index is 13.1. The molecule has 1 atom stereocenters. The summed E-state index contributed by atoms with van der Waals surface area (Å²) in [7, 11) is 0. The molecule has 0 spiro atoms. The monoisotopic (exact) mass is 367 g/mol. The van der Waals surface area contributed by atoms with Gasteiger partial charge in [0.2, 0.25) is 5.89 Å². The van der Waals surface area contributed by atoms with Crippen molar-refractivity contribution in [2.45, 2.75) is 18.9 Å². The van der Waals surface area contributed by atoms with Crippen LogP contribution in [0.4, 0.5) is 4.39 Å². The van der Waals surface area contributed by atoms with Gasteiger partial charge in [0.1, 0.15) is 5.82 Å². The van der Waals surface area contributed by atoms with E-state index in [-0.39, 0.29) is 11.8 Å². The van der Waals surface area contributed by atoms with Gasteiger partial charge in [0.15, 0.2) is 6.04 Å². The standard InChI is InChI=1S/C20H18FN3O3/c21-16-10-8-15(9-11-16)18-22-24(20(26)27-18)17(14-6-2-1-3-7-14)19(25)23-12-4-5-13-23/h1-3,6-11,17H,4-5,12-13H2/t17-/m1/s1. The van der Waals surface area contributed by atoms with Crippen LogP contribution in [0.15, 0.2) is 63.8 Å². The molecule has 1 aliphatic heterocycles. The van der Waals surface area contributed by atoms with Gasteiger partial charge in [-0.25, -0.2) is 9.18 Å². The number of carbonyl (C=O) groups excluding carboxylic acids is 1. The predicted octanol–water partition coefficient (Wildman–Crippen LogP) is 2.85. The first-order valence-electron chi connectivity index (χ1n) is 8.83. The second-order valence-corrected chi connectivity index (χ2v) is 6.47. The third kappa shape index (κ3) is 3.40. The fraction of sp³-hybridized carbons (Fsp3) is 0.250. The van der Waals surface area contributed by atoms with Gasteiger partial charge in [0.25, 0.3) is 5.91 Å². The van der Waals surface area contributed by atoms with E-state index in [1.54, 1.807) is 17.0 Å². The van der Waals surface area contributed by atoms with E-state index in [1.807, 2.05) is 18.2 Å². The Labute approximate surface area is 154 Å². The lowest BCUT2D eigenvalue weighted by Crippen LogP contribution is -2.39. The molecule has 6 nitrogen and oxygen atoms in total. The molecule has 0 bridgehead atoms. The third-order valence-corrected chi connectivity index (χ3v) is 4.67. The van der Waals surface area contributed by atoms with Crippen LogP contribution in [0.2, 0.25) is 0 Å². The van der Waals surface area contributed by atoms with E-state index < -0.39 is 17.6 Å². The second-order valence-electron chi connectivity index (χ2n) is 6.47. The molecule has 1 fully saturated rings. The summed E-state index contributed by atoms with van der Waals surface area (Å²) >= 11 is 0. The molecule has 0 radical (unpaired) electrons. The Kier molecular flexibility index (Phi) is 4.58. The quantitative estimate of drug-likeness (QED) is 0.711. The molecule has 4 rings (SSSR count). The van der Waals surface area contributed by atoms with Crippen molar-refractivity contribution >= 4 is 5.91 Å². The van der Waals surface area contributed by atoms with Crippen LogP contribution in [-0.4, -0.2) is 33.7 Å². The van der Waals surface area contributed by atoms with Gasteiger partial charge in [0, 0.05) is 18.7 Å². The highest BCUT2D eigenvalue weighted by Gasteiger charge is 2.32. The molecule has 7 heteroatoms. The third-order valence-electron chi connectivity index (χ3n) is 4.67. The Hall–Kier alpha value is -3.22. The zero-order valence-corrected chi connectivity index (χ0v) is 14.5. The molecular formula is C20H18FN3O3. The number of likely N-dealkylation sites (tertiary alicyclic amines) is 1. The predicted molar refractivity (Wildman–Crippen MR) is 96.6 cm³/mol. The minimum absolute atomic E-state index is 0.0511. The summed E-state index contributed by atoms with van der Waals surface area (Å²) in [6, 6.07) is 13.6. The molecule has 2 heterocycles. The first kappa shape index (κ1) is 17.2. The minimum atomic E-state index is -0.894. The Morgan fingerprint density at radius 2 is 1.70 bits per heavy atom. The number of rotatable bonds is 4. The SMILES string of the molecule is O=C([C@@H](c1ccccc1)n1nc(-c2ccc(F)cc2)oc1=O)N1CCCC1. The molecule has 0 N–H and O–H groups in total. The Balaban J connectivity index is 1.77. The topological polar surface area (TPSA) is 68.3 Å². The molecule has 1 saturated heterocycles. The van der Waals surface area contributed by atoms with Crippen molar-refractivity contribution in [3.63, 3.8) is 0 Å². The van der Waals surface area contributed by atoms with Gasteiger partial charge >= 0.3 is 5.76 Å². The highest BCUT2D eigenvalue weighted by Crippen LogP contribution is 2.24. The number of nitrogens with zero attached hydrogens (tertiary/aromatic N) is 3. The smallest absolute Gasteiger partial charge is 0.388 e. The van der Waals surface area contributed by atoms with Crippen LogP contribution in [0.5, 0.6) is 0 Å². The Bertz CT molecular complexity index is 989. The molecule has 138 valence electrons. The summed E-state index contributed by atoms with van der Waals surface area (Å²) in [5.74, 6) is -1.25. The summed E-state index contributed by atoms with van der Waals surface area (Å²) in [5.41, 5.74) is 1.13. The minimum Gasteiger partial charge on any atom is -0.388 e. The molecule has 1 aromatic heterocycles. The lowest BCUT2D eigenvalue weighted by Gasteiger charge is -2.22. The van der Waals surface area contributed by atoms with E-state index in [4.69, 9.17) is 4.42 Å². The normalized spacial score (nSPS) is 15.1. The molecule has 0 saturated carbocycles. The Morgan fingerprint density at radius 3 is 2.37 bits per heavy atom. The van der Waals surface area contributed by atoms with E-state index in [2.05, 4.69) is 5.10 Å². The largest absolute Gasteiger partial charge is 0.438 e. The fourth-order valence-electron chi connectivity index (χ4n) is 3.29. The van der Waals surface area contributed by atoms with Crippen molar-refractivity contribution in [3.8, 4) is 11.5 Å². The van der Waals surface area contributed by atoms with Crippen molar-refractivity contribution in [2.24, 2.45) is 0 Å². The zero-order chi connectivity index (χ0) is 18.8. The molecule has 0 unspecified atom stereocenters. The van der Waals surface area contributed by atoms with Gasteiger partial charge in [-0.3, -0.25) is 4.79 Å². The average Bonchev–Trinajstić information content (AvgIpc) is 3.34. The zero-order valence-electron chi connectivity index (χ0n) is 14.5. The van der Waals surface area contributed by atoms with Gasteiger partial charge in [-0.05, 0) is 42.7 Å². The van der Waals surface area contributed by atoms with E-state index in [0.29, 0.717) is 24.2 Å². The van der Waals surface area contributed by atoms with Gasteiger partial charge in [-0.1, -0.05) is 30.3 Å². The van der Waals surface area contributed by atoms with Crippen LogP contribution in [0.3, 0.4) is 0 Å². The van der Waals surface area contributed by atoms with Gasteiger partial charge in [-0.2, -0.15) is 4.68 Å². The summed E-state index contributed by atoms with van der Waals surface area (Å²) in [5, 5.41) is 4.25. The van der Waals surface area contributed by atoms with E-state index in [0.717, 1.165) is 17.5 Å². The second kappa shape index (κ2) is 7.19. The van der Waals surface area contributed by atoms with Gasteiger partial charge in [0.05, 0.1) is 0 Å². The van der Waals surface area contributed by atoms with Crippen molar-refractivity contribution in [1.82, 2.24) is 14.7 Å². The molecular weight excluding hydrogens is 349 g/mol. The first-order chi connectivity index (χ1) is 13.1. The number of halogens is 1. The molecule has 3 aromatic rings. The van der Waals surface area contributed by atoms with Crippen LogP contribution in [0.1, 0.15) is 24.4 Å². The number of amides is 1. The molecule has 0 aliphatic carbocycles. The van der Waals surface area contributed by atoms with Crippen LogP contribution >= 0.6 is 0 Å². The van der Waals surface area contributed by atoms with Crippen molar-refractivity contribution in [2.75, 3.05) is 13.1 Å². The lowest BCUT2D eigenvalue weighted by atomic mass is 10.1. The van der Waals surface area contributed by atoms with Gasteiger partial charge in [-0.15, -0.1) is 5.10 Å². The maximum Gasteiger partial charge on any atom is 0.438 e. The van der Waals surface area contributed by atoms with Gasteiger partial charge < -0.3 is 9.32 Å². The fourth-order valence-corrected chi connectivity index (χ4v) is 3.29. The molecule has 1 amide bonds. The number of hydrogen-bond acceptors (Lipinski definition) is 4. The van der Waals surface area contributed by atoms with Crippen molar-refractivity contribution < 1.29 is 13.6 Å². The van der Waals surface area contributed by atoms with Crippen LogP contribution in [0.25, 0.3) is 11.5 Å². The number of hydrogen-bond donors (Lipinski definition) is 0. The summed E-state index contributed by atoms with van der Waals surface area (Å²) in [6.07, 6.45) is 1.89. The van der Waals surface area contributed by atoms with Crippen molar-refractivity contribution in [1.29, 1.82) is 0 Å². The number of benzene rings is 2. The Morgan fingerprint density at radius 1 is 1.04 bits per heavy atom. The van der Waals surface area contributed by atoms with E-state index >= 15 is 0 Å². The van der Waals surface area contributed by atoms with Crippen LogP contribution in [0, 0.1) is 5.82 Å². The average molecular weight is 367 g/mol. The van der Waals surface area contributed by atoms with Crippen LogP contribution in [-0.2, 0) is 4.79 Å². The number of carbonyl (C=O) groups is 1. The number of aromatic nitrogens is 2. The molecule has 2 aromatic carbocycles. The van der Waals surface area contributed by atoms with Crippen LogP contribution < -0.4 is 5.76 Å². The highest BCUT2D eigenvalue weighted by atomic mass is 19.1. The first-order valence-corrected chi connectivity index (χ1v) is 8.83. The highest BCUT2D eigenvalue weighted by molar-refractivity contribution is 5.83. The summed E-state index contributed by atoms with van der Waals surface area (Å²) < 4.78 is 19.5. The summed E-state index contributed by atoms with van der Waals surface area (Å²) in [4.78, 5) is 27.4. The van der Waals surface area contributed by atoms with E-state index in [9.17, 15) is 14.0 Å². The molecule has 27 heavy (non-hydrogen) atoms. The maximum absolute atomic E-state index is 13.1. The summed E-state index contributed by atoms with van der Waals surface area (Å²) in [6.45, 7) is 1.33. The van der Waals surface area contributed by atoms with E-state index in [1.165, 1.54) is 24.3 Å².